The number of fused-ring (bicyclic) bond motifs is 1. The van der Waals surface area contributed by atoms with E-state index in [1.807, 2.05) is 0 Å². The number of hydrogen-bond acceptors (Lipinski definition) is 3. The highest BCUT2D eigenvalue weighted by Crippen LogP contribution is 2.21. The maximum Gasteiger partial charge on any atom is 0.341 e. The highest BCUT2D eigenvalue weighted by Gasteiger charge is 2.15. The van der Waals surface area contributed by atoms with Gasteiger partial charge in [0.1, 0.15) is 5.75 Å². The van der Waals surface area contributed by atoms with Gasteiger partial charge < -0.3 is 15.2 Å². The number of carboxylic acid groups (broad SMARTS) is 1. The zero-order valence-corrected chi connectivity index (χ0v) is 9.23. The Hall–Kier alpha value is -2.04. The van der Waals surface area contributed by atoms with Gasteiger partial charge in [0.25, 0.3) is 5.91 Å². The molecular formula is C12H13NO4. The summed E-state index contributed by atoms with van der Waals surface area (Å²) in [6.45, 7) is 0.295. The molecule has 1 aliphatic rings. The van der Waals surface area contributed by atoms with Crippen molar-refractivity contribution in [2.24, 2.45) is 0 Å². The smallest absolute Gasteiger partial charge is 0.341 e. The number of carbonyl (C=O) groups excluding carboxylic acids is 1. The first-order valence-electron chi connectivity index (χ1n) is 5.42. The van der Waals surface area contributed by atoms with E-state index in [2.05, 4.69) is 5.32 Å². The standard InChI is InChI=1S/C12H13NO4/c14-11(15)7-17-9-3-4-10-8(6-9)2-1-5-13-12(10)16/h3-4,6H,1-2,5,7H2,(H,13,16)(H,14,15). The first-order valence-corrected chi connectivity index (χ1v) is 5.42. The monoisotopic (exact) mass is 235 g/mol. The second-order valence-electron chi connectivity index (χ2n) is 3.86. The molecule has 1 aliphatic heterocycles. The Morgan fingerprint density at radius 1 is 1.47 bits per heavy atom. The van der Waals surface area contributed by atoms with Gasteiger partial charge in [-0.25, -0.2) is 4.79 Å². The Kier molecular flexibility index (Phi) is 3.27. The number of carbonyl (C=O) groups is 2. The third kappa shape index (κ3) is 2.75. The highest BCUT2D eigenvalue weighted by molar-refractivity contribution is 5.96. The third-order valence-electron chi connectivity index (χ3n) is 2.59. The van der Waals surface area contributed by atoms with Gasteiger partial charge in [0.05, 0.1) is 0 Å². The lowest BCUT2D eigenvalue weighted by molar-refractivity contribution is -0.139. The predicted octanol–water partition coefficient (Wildman–Crippen LogP) is 0.826. The molecule has 1 heterocycles. The number of aliphatic carboxylic acids is 1. The molecule has 0 aliphatic carbocycles. The van der Waals surface area contributed by atoms with Crippen LogP contribution in [-0.2, 0) is 11.2 Å². The van der Waals surface area contributed by atoms with Crippen molar-refractivity contribution in [2.45, 2.75) is 12.8 Å². The Morgan fingerprint density at radius 2 is 2.29 bits per heavy atom. The number of amides is 1. The van der Waals surface area contributed by atoms with Crippen molar-refractivity contribution in [3.05, 3.63) is 29.3 Å². The van der Waals surface area contributed by atoms with E-state index in [1.54, 1.807) is 18.2 Å². The zero-order valence-electron chi connectivity index (χ0n) is 9.23. The fourth-order valence-corrected chi connectivity index (χ4v) is 1.81. The fraction of sp³-hybridized carbons (Fsp3) is 0.333. The Balaban J connectivity index is 2.20. The molecule has 0 unspecified atom stereocenters. The van der Waals surface area contributed by atoms with Crippen LogP contribution in [0.1, 0.15) is 22.3 Å². The number of nitrogens with one attached hydrogen (secondary N) is 1. The molecule has 17 heavy (non-hydrogen) atoms. The molecule has 90 valence electrons. The number of hydrogen-bond donors (Lipinski definition) is 2. The average Bonchev–Trinajstić information content (AvgIpc) is 2.49. The molecule has 0 aromatic heterocycles. The molecule has 0 fully saturated rings. The van der Waals surface area contributed by atoms with Gasteiger partial charge in [-0.05, 0) is 36.6 Å². The van der Waals surface area contributed by atoms with E-state index in [1.165, 1.54) is 0 Å². The quantitative estimate of drug-likeness (QED) is 0.813. The van der Waals surface area contributed by atoms with Crippen LogP contribution in [0.5, 0.6) is 5.75 Å². The van der Waals surface area contributed by atoms with E-state index in [4.69, 9.17) is 9.84 Å². The summed E-state index contributed by atoms with van der Waals surface area (Å²) in [5, 5.41) is 11.3. The van der Waals surface area contributed by atoms with E-state index in [-0.39, 0.29) is 12.5 Å². The average molecular weight is 235 g/mol. The molecule has 5 heteroatoms. The molecule has 0 saturated heterocycles. The fourth-order valence-electron chi connectivity index (χ4n) is 1.81. The lowest BCUT2D eigenvalue weighted by Crippen LogP contribution is -2.22. The Labute approximate surface area is 98.4 Å². The molecule has 0 bridgehead atoms. The molecule has 1 aromatic rings. The van der Waals surface area contributed by atoms with Crippen molar-refractivity contribution in [3.8, 4) is 5.75 Å². The minimum Gasteiger partial charge on any atom is -0.482 e. The van der Waals surface area contributed by atoms with E-state index >= 15 is 0 Å². The summed E-state index contributed by atoms with van der Waals surface area (Å²) >= 11 is 0. The minimum absolute atomic E-state index is 0.0812. The van der Waals surface area contributed by atoms with Crippen molar-refractivity contribution in [1.82, 2.24) is 5.32 Å². The first-order chi connectivity index (χ1) is 8.16. The third-order valence-corrected chi connectivity index (χ3v) is 2.59. The van der Waals surface area contributed by atoms with E-state index in [0.29, 0.717) is 17.9 Å². The molecule has 2 rings (SSSR count). The zero-order chi connectivity index (χ0) is 12.3. The van der Waals surface area contributed by atoms with Gasteiger partial charge >= 0.3 is 5.97 Å². The van der Waals surface area contributed by atoms with Gasteiger partial charge in [-0.1, -0.05) is 0 Å². The number of ether oxygens (including phenoxy) is 1. The second-order valence-corrected chi connectivity index (χ2v) is 3.86. The summed E-state index contributed by atoms with van der Waals surface area (Å²) in [4.78, 5) is 22.0. The second kappa shape index (κ2) is 4.86. The Morgan fingerprint density at radius 3 is 3.06 bits per heavy atom. The van der Waals surface area contributed by atoms with Gasteiger partial charge in [-0.15, -0.1) is 0 Å². The van der Waals surface area contributed by atoms with Crippen LogP contribution in [0.15, 0.2) is 18.2 Å². The van der Waals surface area contributed by atoms with Crippen molar-refractivity contribution in [1.29, 1.82) is 0 Å². The van der Waals surface area contributed by atoms with Crippen LogP contribution in [0, 0.1) is 0 Å². The highest BCUT2D eigenvalue weighted by atomic mass is 16.5. The number of carboxylic acids is 1. The molecule has 0 radical (unpaired) electrons. The molecule has 0 saturated carbocycles. The maximum atomic E-state index is 11.6. The molecule has 5 nitrogen and oxygen atoms in total. The molecule has 0 spiro atoms. The maximum absolute atomic E-state index is 11.6. The van der Waals surface area contributed by atoms with Crippen LogP contribution in [-0.4, -0.2) is 30.1 Å². The van der Waals surface area contributed by atoms with Crippen molar-refractivity contribution >= 4 is 11.9 Å². The van der Waals surface area contributed by atoms with E-state index in [9.17, 15) is 9.59 Å². The summed E-state index contributed by atoms with van der Waals surface area (Å²) in [6.07, 6.45) is 1.67. The predicted molar refractivity (Wildman–Crippen MR) is 60.2 cm³/mol. The lowest BCUT2D eigenvalue weighted by Gasteiger charge is -2.08. The van der Waals surface area contributed by atoms with Crippen LogP contribution < -0.4 is 10.1 Å². The molecule has 2 N–H and O–H groups in total. The van der Waals surface area contributed by atoms with Crippen LogP contribution in [0.3, 0.4) is 0 Å². The van der Waals surface area contributed by atoms with Crippen LogP contribution in [0.25, 0.3) is 0 Å². The number of rotatable bonds is 3. The van der Waals surface area contributed by atoms with E-state index < -0.39 is 5.97 Å². The molecule has 0 atom stereocenters. The van der Waals surface area contributed by atoms with Crippen LogP contribution in [0.2, 0.25) is 0 Å². The summed E-state index contributed by atoms with van der Waals surface area (Å²) in [6, 6.07) is 5.03. The molecule has 1 amide bonds. The van der Waals surface area contributed by atoms with Gasteiger partial charge in [0.15, 0.2) is 6.61 Å². The number of aryl methyl sites for hydroxylation is 1. The van der Waals surface area contributed by atoms with Gasteiger partial charge in [-0.3, -0.25) is 4.79 Å². The van der Waals surface area contributed by atoms with Crippen LogP contribution >= 0.6 is 0 Å². The summed E-state index contributed by atoms with van der Waals surface area (Å²) in [5.41, 5.74) is 1.55. The van der Waals surface area contributed by atoms with Gasteiger partial charge in [0, 0.05) is 12.1 Å². The van der Waals surface area contributed by atoms with Crippen LogP contribution in [0.4, 0.5) is 0 Å². The molecular weight excluding hydrogens is 222 g/mol. The Bertz CT molecular complexity index is 456. The van der Waals surface area contributed by atoms with Crippen molar-refractivity contribution < 1.29 is 19.4 Å². The van der Waals surface area contributed by atoms with Gasteiger partial charge in [-0.2, -0.15) is 0 Å². The van der Waals surface area contributed by atoms with Crippen molar-refractivity contribution in [2.75, 3.05) is 13.2 Å². The normalized spacial score (nSPS) is 14.5. The number of benzene rings is 1. The lowest BCUT2D eigenvalue weighted by atomic mass is 10.0. The molecule has 1 aromatic carbocycles. The SMILES string of the molecule is O=C(O)COc1ccc2c(c1)CCCNC2=O. The van der Waals surface area contributed by atoms with Gasteiger partial charge in [0.2, 0.25) is 0 Å². The van der Waals surface area contributed by atoms with Crippen molar-refractivity contribution in [3.63, 3.8) is 0 Å². The summed E-state index contributed by atoms with van der Waals surface area (Å²) in [5.74, 6) is -0.610. The topological polar surface area (TPSA) is 75.6 Å². The first kappa shape index (κ1) is 11.4. The largest absolute Gasteiger partial charge is 0.482 e. The van der Waals surface area contributed by atoms with E-state index in [0.717, 1.165) is 18.4 Å². The minimum atomic E-state index is -1.02. The summed E-state index contributed by atoms with van der Waals surface area (Å²) < 4.78 is 5.08. The summed E-state index contributed by atoms with van der Waals surface area (Å²) in [7, 11) is 0.